The zero-order valence-electron chi connectivity index (χ0n) is 16.4. The molecule has 0 unspecified atom stereocenters. The van der Waals surface area contributed by atoms with Crippen molar-refractivity contribution in [2.45, 2.75) is 0 Å². The van der Waals surface area contributed by atoms with E-state index in [1.807, 2.05) is 36.4 Å². The molecule has 138 valence electrons. The van der Waals surface area contributed by atoms with Crippen LogP contribution in [0.25, 0.3) is 0 Å². The molecule has 0 aliphatic rings. The second-order valence-electron chi connectivity index (χ2n) is 4.15. The van der Waals surface area contributed by atoms with Gasteiger partial charge in [-0.05, 0) is 36.4 Å². The predicted octanol–water partition coefficient (Wildman–Crippen LogP) is 3.23. The maximum Gasteiger partial charge on any atom is 2.00 e. The molecule has 2 radical (unpaired) electrons. The predicted molar refractivity (Wildman–Crippen MR) is 96.4 cm³/mol. The van der Waals surface area contributed by atoms with Gasteiger partial charge in [0.2, 0.25) is 0 Å². The molecule has 3 aromatic rings. The van der Waals surface area contributed by atoms with Gasteiger partial charge in [0.25, 0.3) is 0 Å². The number of hydrogen-bond acceptors (Lipinski definition) is 6. The van der Waals surface area contributed by atoms with Crippen molar-refractivity contribution >= 4 is 18.6 Å². The van der Waals surface area contributed by atoms with Gasteiger partial charge < -0.3 is 16.2 Å². The first-order chi connectivity index (χ1) is 13.3. The molecule has 3 heterocycles. The first-order valence-corrected chi connectivity index (χ1v) is 6.95. The molecule has 6 nitrogen and oxygen atoms in total. The van der Waals surface area contributed by atoms with E-state index in [0.717, 1.165) is 0 Å². The van der Waals surface area contributed by atoms with Crippen molar-refractivity contribution < 1.29 is 38.4 Å². The molecule has 26 heavy (non-hydrogen) atoms. The van der Waals surface area contributed by atoms with E-state index in [4.69, 9.17) is 4.24 Å². The van der Waals surface area contributed by atoms with Crippen LogP contribution in [0.4, 0.5) is 0 Å². The molecule has 0 bridgehead atoms. The van der Waals surface area contributed by atoms with Gasteiger partial charge in [-0.2, -0.15) is 0 Å². The van der Waals surface area contributed by atoms with Crippen molar-refractivity contribution in [3.05, 3.63) is 90.3 Å². The summed E-state index contributed by atoms with van der Waals surface area (Å²) in [5.74, 6) is 0. The van der Waals surface area contributed by atoms with E-state index in [2.05, 4.69) is 31.2 Å². The number of nitrogens with one attached hydrogen (secondary N) is 3. The van der Waals surface area contributed by atoms with Crippen molar-refractivity contribution in [3.63, 3.8) is 0 Å². The maximum absolute atomic E-state index is 6.47. The van der Waals surface area contributed by atoms with E-state index in [1.54, 1.807) is 36.8 Å². The van der Waals surface area contributed by atoms with Crippen molar-refractivity contribution in [1.29, 1.82) is 16.2 Å². The summed E-state index contributed by atoms with van der Waals surface area (Å²) >= 11 is 0. The molecular formula is C18H18Cu2N6+4. The first kappa shape index (κ1) is 19.8. The van der Waals surface area contributed by atoms with Gasteiger partial charge in [-0.1, -0.05) is 18.2 Å². The van der Waals surface area contributed by atoms with Crippen LogP contribution in [-0.2, 0) is 34.1 Å². The van der Waals surface area contributed by atoms with Gasteiger partial charge in [-0.3, -0.25) is 15.0 Å². The monoisotopic (exact) mass is 450 g/mol. The molecule has 0 aliphatic carbocycles. The molecule has 0 atom stereocenters. The summed E-state index contributed by atoms with van der Waals surface area (Å²) in [5, 5.41) is 9.21. The summed E-state index contributed by atoms with van der Waals surface area (Å²) in [6.07, 6.45) is 9.16. The van der Waals surface area contributed by atoms with E-state index in [1.165, 1.54) is 18.6 Å². The fourth-order valence-electron chi connectivity index (χ4n) is 1.36. The molecule has 0 saturated carbocycles. The van der Waals surface area contributed by atoms with Gasteiger partial charge in [0.1, 0.15) is 0 Å². The van der Waals surface area contributed by atoms with Crippen LogP contribution in [0.2, 0.25) is 4.24 Å². The van der Waals surface area contributed by atoms with E-state index >= 15 is 0 Å². The van der Waals surface area contributed by atoms with Crippen LogP contribution in [0.3, 0.4) is 0 Å². The average Bonchev–Trinajstić information content (AvgIpc) is 2.72. The quantitative estimate of drug-likeness (QED) is 0.420. The zero-order valence-corrected chi connectivity index (χ0v) is 15.3. The molecular weight excluding hydrogens is 427 g/mol. The molecule has 0 fully saturated rings. The van der Waals surface area contributed by atoms with Gasteiger partial charge in [-0.25, -0.2) is 0 Å². The van der Waals surface area contributed by atoms with Crippen molar-refractivity contribution in [2.24, 2.45) is 0 Å². The fraction of sp³-hybridized carbons (Fsp3) is 0. The van der Waals surface area contributed by atoms with Gasteiger partial charge >= 0.3 is 34.1 Å². The Kier molecular flexibility index (Phi) is 13.2. The Labute approximate surface area is 178 Å². The largest absolute Gasteiger partial charge is 2.00 e. The summed E-state index contributed by atoms with van der Waals surface area (Å²) < 4.78 is 19.4. The second kappa shape index (κ2) is 17.3. The van der Waals surface area contributed by atoms with Crippen LogP contribution in [0.1, 0.15) is 17.1 Å². The van der Waals surface area contributed by atoms with Gasteiger partial charge in [0.15, 0.2) is 4.24 Å². The van der Waals surface area contributed by atoms with Crippen molar-refractivity contribution in [1.82, 2.24) is 15.0 Å². The average molecular weight is 452 g/mol. The molecule has 0 aromatic carbocycles. The first-order valence-electron chi connectivity index (χ1n) is 8.29. The molecule has 0 amide bonds. The minimum atomic E-state index is 0. The van der Waals surface area contributed by atoms with Crippen LogP contribution >= 0.6 is 0 Å². The van der Waals surface area contributed by atoms with Crippen LogP contribution < -0.4 is 0 Å². The van der Waals surface area contributed by atoms with Gasteiger partial charge in [0, 0.05) is 37.2 Å². The van der Waals surface area contributed by atoms with Crippen LogP contribution in [0.15, 0.2) is 73.2 Å². The topological polar surface area (TPSA) is 110 Å². The standard InChI is InChI=1S/3C6H6N2.2Cu/c3*7-5-6-3-1-2-4-8-6;;/h3*1-5,7H;;/q;;;2*+2/i/hT3. The van der Waals surface area contributed by atoms with Crippen LogP contribution in [-0.4, -0.2) is 33.6 Å². The third-order valence-corrected chi connectivity index (χ3v) is 2.46. The van der Waals surface area contributed by atoms with Gasteiger partial charge in [-0.15, -0.1) is 0 Å². The number of rotatable bonds is 3. The summed E-state index contributed by atoms with van der Waals surface area (Å²) in [5.41, 5.74) is 2.15. The summed E-state index contributed by atoms with van der Waals surface area (Å²) in [7, 11) is 0. The Balaban J connectivity index is 0. The SMILES string of the molecule is [3H]N=Cc1ccccn1.[3H]N=Cc1ccccn1.[3H]N=Cc1ccccn1.[Cu+2].[Cu+2]. The van der Waals surface area contributed by atoms with Crippen molar-refractivity contribution in [3.8, 4) is 0 Å². The maximum atomic E-state index is 6.47. The molecule has 0 aliphatic heterocycles. The Morgan fingerprint density at radius 3 is 1.08 bits per heavy atom. The van der Waals surface area contributed by atoms with E-state index in [9.17, 15) is 0 Å². The minimum absolute atomic E-state index is 0. The molecule has 8 heteroatoms. The normalized spacial score (nSPS) is 10.8. The van der Waals surface area contributed by atoms with Crippen LogP contribution in [0, 0.1) is 16.2 Å². The second-order valence-corrected chi connectivity index (χ2v) is 4.15. The van der Waals surface area contributed by atoms with Crippen molar-refractivity contribution in [2.75, 3.05) is 0 Å². The van der Waals surface area contributed by atoms with Crippen LogP contribution in [0.5, 0.6) is 0 Å². The summed E-state index contributed by atoms with van der Waals surface area (Å²) in [6, 6.07) is 16.4. The molecule has 0 saturated heterocycles. The summed E-state index contributed by atoms with van der Waals surface area (Å²) in [6.45, 7) is 0. The van der Waals surface area contributed by atoms with E-state index in [0.29, 0.717) is 17.1 Å². The Bertz CT molecular complexity index is 710. The smallest absolute Gasteiger partial charge is 0.307 e. The van der Waals surface area contributed by atoms with E-state index in [-0.39, 0.29) is 34.1 Å². The van der Waals surface area contributed by atoms with Gasteiger partial charge in [0.05, 0.1) is 17.1 Å². The third-order valence-electron chi connectivity index (χ3n) is 2.46. The molecule has 0 spiro atoms. The molecule has 3 aromatic heterocycles. The fourth-order valence-corrected chi connectivity index (χ4v) is 1.36. The van der Waals surface area contributed by atoms with E-state index < -0.39 is 0 Å². The minimum Gasteiger partial charge on any atom is -0.307 e. The summed E-state index contributed by atoms with van der Waals surface area (Å²) in [4.78, 5) is 11.7. The molecule has 3 N–H and O–H groups in total. The molecule has 3 rings (SSSR count). The number of pyridine rings is 3. The number of aromatic nitrogens is 3. The third kappa shape index (κ3) is 11.9. The number of nitrogens with zero attached hydrogens (tertiary/aromatic N) is 3. The number of hydrogen-bond donors (Lipinski definition) is 3. The Morgan fingerprint density at radius 1 is 0.577 bits per heavy atom. The Hall–Kier alpha value is -2.50. The Morgan fingerprint density at radius 2 is 0.885 bits per heavy atom. The zero-order chi connectivity index (χ0) is 19.6.